The van der Waals surface area contributed by atoms with Crippen LogP contribution in [0.4, 0.5) is 0 Å². The Morgan fingerprint density at radius 2 is 1.71 bits per heavy atom. The van der Waals surface area contributed by atoms with E-state index in [1.54, 1.807) is 7.11 Å². The molecule has 0 rings (SSSR count). The zero-order valence-electron chi connectivity index (χ0n) is 5.41. The average molecular weight is 120 g/mol. The first-order valence-electron chi connectivity index (χ1n) is 2.36. The second kappa shape index (κ2) is 2.64. The van der Waals surface area contributed by atoms with Crippen molar-refractivity contribution in [3.8, 4) is 0 Å². The van der Waals surface area contributed by atoms with Crippen molar-refractivity contribution in [2.45, 2.75) is 25.9 Å². The van der Waals surface area contributed by atoms with E-state index in [1.807, 2.05) is 0 Å². The minimum atomic E-state index is 0.356. The minimum absolute atomic E-state index is 0.356. The fraction of sp³-hybridized carbons (Fsp3) is 1.00. The van der Waals surface area contributed by atoms with Gasteiger partial charge in [0.05, 0.1) is 0 Å². The lowest BCUT2D eigenvalue weighted by atomic mass is 10.3. The van der Waals surface area contributed by atoms with E-state index >= 15 is 0 Å². The summed E-state index contributed by atoms with van der Waals surface area (Å²) in [6, 6.07) is 0. The average Bonchev–Trinajstić information content (AvgIpc) is 1.30. The van der Waals surface area contributed by atoms with E-state index in [-0.39, 0.29) is 0 Å². The van der Waals surface area contributed by atoms with E-state index in [1.165, 1.54) is 0 Å². The van der Waals surface area contributed by atoms with Crippen molar-refractivity contribution in [2.75, 3.05) is 7.11 Å². The molecular formula is C5H13OP. The van der Waals surface area contributed by atoms with E-state index in [0.29, 0.717) is 14.0 Å². The van der Waals surface area contributed by atoms with Gasteiger partial charge < -0.3 is 4.52 Å². The molecule has 0 aromatic carbocycles. The molecule has 0 spiro atoms. The monoisotopic (exact) mass is 120 g/mol. The maximum absolute atomic E-state index is 4.93. The van der Waals surface area contributed by atoms with Crippen LogP contribution in [0.3, 0.4) is 0 Å². The molecule has 0 saturated carbocycles. The van der Waals surface area contributed by atoms with Gasteiger partial charge in [-0.15, -0.1) is 0 Å². The highest BCUT2D eigenvalue weighted by molar-refractivity contribution is 7.34. The predicted octanol–water partition coefficient (Wildman–Crippen LogP) is 2.02. The molecule has 1 nitrogen and oxygen atoms in total. The quantitative estimate of drug-likeness (QED) is 0.481. The van der Waals surface area contributed by atoms with E-state index in [0.717, 1.165) is 0 Å². The molecule has 2 heteroatoms. The molecule has 0 heterocycles. The largest absolute Gasteiger partial charge is 0.365 e. The molecule has 0 aromatic heterocycles. The van der Waals surface area contributed by atoms with Crippen molar-refractivity contribution < 1.29 is 4.52 Å². The zero-order chi connectivity index (χ0) is 5.91. The van der Waals surface area contributed by atoms with Gasteiger partial charge in [0.15, 0.2) is 0 Å². The van der Waals surface area contributed by atoms with Crippen LogP contribution in [0.15, 0.2) is 0 Å². The molecule has 0 aliphatic heterocycles. The molecule has 1 atom stereocenters. The molecule has 0 radical (unpaired) electrons. The van der Waals surface area contributed by atoms with Gasteiger partial charge in [-0.3, -0.25) is 0 Å². The van der Waals surface area contributed by atoms with E-state index in [2.05, 4.69) is 20.8 Å². The fourth-order valence-corrected chi connectivity index (χ4v) is 0.919. The molecule has 0 bridgehead atoms. The Hall–Kier alpha value is 0.390. The van der Waals surface area contributed by atoms with Crippen LogP contribution < -0.4 is 0 Å². The molecule has 0 aromatic rings. The fourth-order valence-electron chi connectivity index (χ4n) is 0.306. The third kappa shape index (κ3) is 6.39. The van der Waals surface area contributed by atoms with Gasteiger partial charge in [-0.05, 0) is 0 Å². The second-order valence-electron chi connectivity index (χ2n) is 2.56. The highest BCUT2D eigenvalue weighted by Gasteiger charge is 2.07. The molecule has 7 heavy (non-hydrogen) atoms. The zero-order valence-corrected chi connectivity index (χ0v) is 6.41. The standard InChI is InChI=1S/C5H13OP/c1-5(2,3)7-6-4/h7H,1-4H3. The van der Waals surface area contributed by atoms with E-state index < -0.39 is 0 Å². The first kappa shape index (κ1) is 7.39. The Morgan fingerprint density at radius 3 is 1.71 bits per heavy atom. The van der Waals surface area contributed by atoms with Gasteiger partial charge in [0.1, 0.15) is 0 Å². The summed E-state index contributed by atoms with van der Waals surface area (Å²) in [6.45, 7) is 6.48. The van der Waals surface area contributed by atoms with Crippen molar-refractivity contribution in [3.05, 3.63) is 0 Å². The van der Waals surface area contributed by atoms with Gasteiger partial charge >= 0.3 is 0 Å². The Balaban J connectivity index is 3.15. The summed E-state index contributed by atoms with van der Waals surface area (Å²) in [5, 5.41) is 0.356. The van der Waals surface area contributed by atoms with Crippen LogP contribution in [0, 0.1) is 0 Å². The first-order valence-corrected chi connectivity index (χ1v) is 3.27. The lowest BCUT2D eigenvalue weighted by Gasteiger charge is -2.14. The molecule has 0 aliphatic carbocycles. The first-order chi connectivity index (χ1) is 3.06. The van der Waals surface area contributed by atoms with Gasteiger partial charge in [-0.2, -0.15) is 0 Å². The summed E-state index contributed by atoms with van der Waals surface area (Å²) in [4.78, 5) is 0. The summed E-state index contributed by atoms with van der Waals surface area (Å²) in [5.74, 6) is 0. The number of hydrogen-bond acceptors (Lipinski definition) is 1. The molecule has 0 aliphatic rings. The van der Waals surface area contributed by atoms with Crippen LogP contribution in [0.1, 0.15) is 20.8 Å². The number of rotatable bonds is 1. The molecule has 44 valence electrons. The molecule has 0 saturated heterocycles. The smallest absolute Gasteiger partial charge is 0.0394 e. The van der Waals surface area contributed by atoms with Gasteiger partial charge in [0.2, 0.25) is 0 Å². The van der Waals surface area contributed by atoms with Crippen molar-refractivity contribution in [3.63, 3.8) is 0 Å². The SMILES string of the molecule is COPC(C)(C)C. The molecular weight excluding hydrogens is 107 g/mol. The highest BCUT2D eigenvalue weighted by Crippen LogP contribution is 2.29. The van der Waals surface area contributed by atoms with Crippen LogP contribution in [0.25, 0.3) is 0 Å². The van der Waals surface area contributed by atoms with E-state index in [4.69, 9.17) is 4.52 Å². The van der Waals surface area contributed by atoms with E-state index in [9.17, 15) is 0 Å². The summed E-state index contributed by atoms with van der Waals surface area (Å²) in [7, 11) is 2.36. The van der Waals surface area contributed by atoms with Crippen molar-refractivity contribution in [2.24, 2.45) is 0 Å². The van der Waals surface area contributed by atoms with Crippen molar-refractivity contribution >= 4 is 8.81 Å². The second-order valence-corrected chi connectivity index (χ2v) is 4.67. The Morgan fingerprint density at radius 1 is 1.29 bits per heavy atom. The summed E-state index contributed by atoms with van der Waals surface area (Å²) < 4.78 is 4.93. The molecule has 0 amide bonds. The lowest BCUT2D eigenvalue weighted by Crippen LogP contribution is -2.04. The predicted molar refractivity (Wildman–Crippen MR) is 35.1 cm³/mol. The topological polar surface area (TPSA) is 9.23 Å². The maximum Gasteiger partial charge on any atom is 0.0394 e. The van der Waals surface area contributed by atoms with Crippen LogP contribution >= 0.6 is 8.81 Å². The molecule has 0 fully saturated rings. The van der Waals surface area contributed by atoms with Crippen molar-refractivity contribution in [1.82, 2.24) is 0 Å². The summed E-state index contributed by atoms with van der Waals surface area (Å²) in [5.41, 5.74) is 0. The van der Waals surface area contributed by atoms with Gasteiger partial charge in [-0.25, -0.2) is 0 Å². The highest BCUT2D eigenvalue weighted by atomic mass is 31.1. The molecule has 1 unspecified atom stereocenters. The summed E-state index contributed by atoms with van der Waals surface area (Å²) >= 11 is 0. The third-order valence-corrected chi connectivity index (χ3v) is 1.22. The Labute approximate surface area is 47.3 Å². The third-order valence-electron chi connectivity index (χ3n) is 0.408. The minimum Gasteiger partial charge on any atom is -0.365 e. The van der Waals surface area contributed by atoms with Gasteiger partial charge in [-0.1, -0.05) is 20.8 Å². The lowest BCUT2D eigenvalue weighted by molar-refractivity contribution is 0.458. The van der Waals surface area contributed by atoms with Gasteiger partial charge in [0, 0.05) is 21.1 Å². The van der Waals surface area contributed by atoms with Crippen LogP contribution in [-0.4, -0.2) is 12.3 Å². The van der Waals surface area contributed by atoms with Crippen molar-refractivity contribution in [1.29, 1.82) is 0 Å². The summed E-state index contributed by atoms with van der Waals surface area (Å²) in [6.07, 6.45) is 0. The maximum atomic E-state index is 4.93. The van der Waals surface area contributed by atoms with Crippen LogP contribution in [0.2, 0.25) is 0 Å². The Kier molecular flexibility index (Phi) is 2.78. The Bertz CT molecular complexity index is 46.5. The normalized spacial score (nSPS) is 13.7. The number of hydrogen-bond donors (Lipinski definition) is 0. The van der Waals surface area contributed by atoms with Gasteiger partial charge in [0.25, 0.3) is 0 Å². The van der Waals surface area contributed by atoms with Crippen LogP contribution in [-0.2, 0) is 4.52 Å². The molecule has 0 N–H and O–H groups in total. The van der Waals surface area contributed by atoms with Crippen LogP contribution in [0.5, 0.6) is 0 Å².